The molecule has 1 amide bonds. The number of oxime groups is 1. The molecule has 0 atom stereocenters. The number of nitrogens with two attached hydrogens (primary N) is 1. The van der Waals surface area contributed by atoms with E-state index in [9.17, 15) is 9.18 Å². The van der Waals surface area contributed by atoms with E-state index in [4.69, 9.17) is 22.5 Å². The van der Waals surface area contributed by atoms with Crippen LogP contribution in [0.4, 0.5) is 4.39 Å². The summed E-state index contributed by atoms with van der Waals surface area (Å²) in [6.45, 7) is -0.125. The Balaban J connectivity index is 2.70. The van der Waals surface area contributed by atoms with Crippen molar-refractivity contribution in [2.45, 2.75) is 0 Å². The molecule has 0 heterocycles. The molecule has 0 saturated heterocycles. The van der Waals surface area contributed by atoms with Crippen LogP contribution in [0.25, 0.3) is 0 Å². The van der Waals surface area contributed by atoms with E-state index in [1.165, 1.54) is 12.1 Å². The van der Waals surface area contributed by atoms with Crippen LogP contribution in [-0.4, -0.2) is 23.5 Å². The van der Waals surface area contributed by atoms with E-state index in [-0.39, 0.29) is 23.0 Å². The number of amidine groups is 1. The SMILES string of the molecule is N/C(CNC(=O)c1ccc(Cl)c(F)c1)=N/O. The van der Waals surface area contributed by atoms with Crippen molar-refractivity contribution in [3.05, 3.63) is 34.6 Å². The summed E-state index contributed by atoms with van der Waals surface area (Å²) in [4.78, 5) is 11.4. The number of hydrogen-bond acceptors (Lipinski definition) is 3. The van der Waals surface area contributed by atoms with Gasteiger partial charge in [0.15, 0.2) is 5.84 Å². The minimum absolute atomic E-state index is 0.0621. The molecular weight excluding hydrogens is 237 g/mol. The van der Waals surface area contributed by atoms with E-state index in [1.54, 1.807) is 0 Å². The van der Waals surface area contributed by atoms with Crippen LogP contribution in [0.15, 0.2) is 23.4 Å². The van der Waals surface area contributed by atoms with Crippen molar-refractivity contribution in [2.75, 3.05) is 6.54 Å². The van der Waals surface area contributed by atoms with E-state index in [0.29, 0.717) is 0 Å². The van der Waals surface area contributed by atoms with E-state index in [1.807, 2.05) is 0 Å². The number of nitrogens with zero attached hydrogens (tertiary/aromatic N) is 1. The maximum atomic E-state index is 13.0. The number of nitrogens with one attached hydrogen (secondary N) is 1. The molecule has 0 aliphatic rings. The van der Waals surface area contributed by atoms with Gasteiger partial charge in [-0.15, -0.1) is 0 Å². The third-order valence-electron chi connectivity index (χ3n) is 1.74. The van der Waals surface area contributed by atoms with E-state index >= 15 is 0 Å². The van der Waals surface area contributed by atoms with Gasteiger partial charge in [-0.1, -0.05) is 16.8 Å². The highest BCUT2D eigenvalue weighted by Gasteiger charge is 2.08. The molecule has 0 fully saturated rings. The lowest BCUT2D eigenvalue weighted by molar-refractivity contribution is 0.0958. The summed E-state index contributed by atoms with van der Waals surface area (Å²) in [5.41, 5.74) is 5.25. The van der Waals surface area contributed by atoms with Crippen LogP contribution >= 0.6 is 11.6 Å². The van der Waals surface area contributed by atoms with Crippen LogP contribution < -0.4 is 11.1 Å². The number of rotatable bonds is 3. The second-order valence-corrected chi connectivity index (χ2v) is 3.31. The van der Waals surface area contributed by atoms with Crippen molar-refractivity contribution >= 4 is 23.3 Å². The van der Waals surface area contributed by atoms with Crippen LogP contribution in [0.3, 0.4) is 0 Å². The average molecular weight is 246 g/mol. The Kier molecular flexibility index (Phi) is 4.07. The molecule has 0 spiro atoms. The Morgan fingerprint density at radius 1 is 1.62 bits per heavy atom. The van der Waals surface area contributed by atoms with E-state index in [0.717, 1.165) is 6.07 Å². The first-order valence-electron chi connectivity index (χ1n) is 4.24. The molecule has 0 radical (unpaired) electrons. The number of carbonyl (C=O) groups excluding carboxylic acids is 1. The third-order valence-corrected chi connectivity index (χ3v) is 2.05. The molecule has 0 unspecified atom stereocenters. The molecule has 86 valence electrons. The Hall–Kier alpha value is -1.82. The summed E-state index contributed by atoms with van der Waals surface area (Å²) in [5.74, 6) is -1.37. The highest BCUT2D eigenvalue weighted by Crippen LogP contribution is 2.15. The quantitative estimate of drug-likeness (QED) is 0.321. The number of carbonyl (C=O) groups is 1. The summed E-state index contributed by atoms with van der Waals surface area (Å²) in [7, 11) is 0. The minimum Gasteiger partial charge on any atom is -0.409 e. The maximum Gasteiger partial charge on any atom is 0.251 e. The number of amides is 1. The van der Waals surface area contributed by atoms with Crippen LogP contribution in [0.2, 0.25) is 5.02 Å². The zero-order valence-electron chi connectivity index (χ0n) is 8.08. The predicted octanol–water partition coefficient (Wildman–Crippen LogP) is 0.955. The molecule has 1 aromatic carbocycles. The molecule has 0 saturated carbocycles. The van der Waals surface area contributed by atoms with Crippen LogP contribution in [0.5, 0.6) is 0 Å². The van der Waals surface area contributed by atoms with Crippen molar-refractivity contribution in [2.24, 2.45) is 10.9 Å². The molecule has 0 aromatic heterocycles. The molecule has 4 N–H and O–H groups in total. The fourth-order valence-corrected chi connectivity index (χ4v) is 1.06. The van der Waals surface area contributed by atoms with Gasteiger partial charge in [0, 0.05) is 5.56 Å². The van der Waals surface area contributed by atoms with Gasteiger partial charge in [0.05, 0.1) is 11.6 Å². The number of hydrogen-bond donors (Lipinski definition) is 3. The van der Waals surface area contributed by atoms with Gasteiger partial charge in [-0.05, 0) is 18.2 Å². The van der Waals surface area contributed by atoms with Crippen LogP contribution in [0, 0.1) is 5.82 Å². The fraction of sp³-hybridized carbons (Fsp3) is 0.111. The molecule has 0 aliphatic carbocycles. The lowest BCUT2D eigenvalue weighted by Crippen LogP contribution is -2.33. The first kappa shape index (κ1) is 12.3. The fourth-order valence-electron chi connectivity index (χ4n) is 0.946. The van der Waals surface area contributed by atoms with Crippen molar-refractivity contribution in [1.29, 1.82) is 0 Å². The monoisotopic (exact) mass is 245 g/mol. The van der Waals surface area contributed by atoms with Gasteiger partial charge in [0.2, 0.25) is 0 Å². The summed E-state index contributed by atoms with van der Waals surface area (Å²) >= 11 is 5.46. The smallest absolute Gasteiger partial charge is 0.251 e. The first-order chi connectivity index (χ1) is 7.54. The molecule has 7 heteroatoms. The van der Waals surface area contributed by atoms with E-state index < -0.39 is 11.7 Å². The normalized spacial score (nSPS) is 11.2. The summed E-state index contributed by atoms with van der Waals surface area (Å²) in [5, 5.41) is 13.2. The second kappa shape index (κ2) is 5.32. The predicted molar refractivity (Wildman–Crippen MR) is 57.2 cm³/mol. The number of benzene rings is 1. The van der Waals surface area contributed by atoms with Gasteiger partial charge in [0.1, 0.15) is 5.82 Å². The Bertz CT molecular complexity index is 437. The molecule has 1 aromatic rings. The van der Waals surface area contributed by atoms with Crippen molar-refractivity contribution in [3.8, 4) is 0 Å². The van der Waals surface area contributed by atoms with Gasteiger partial charge in [-0.3, -0.25) is 4.79 Å². The Morgan fingerprint density at radius 3 is 2.88 bits per heavy atom. The molecule has 5 nitrogen and oxygen atoms in total. The molecule has 16 heavy (non-hydrogen) atoms. The zero-order valence-corrected chi connectivity index (χ0v) is 8.83. The van der Waals surface area contributed by atoms with Crippen molar-refractivity contribution < 1.29 is 14.4 Å². The molecule has 0 bridgehead atoms. The van der Waals surface area contributed by atoms with E-state index in [2.05, 4.69) is 10.5 Å². The summed E-state index contributed by atoms with van der Waals surface area (Å²) in [6.07, 6.45) is 0. The molecule has 1 rings (SSSR count). The topological polar surface area (TPSA) is 87.7 Å². The van der Waals surface area contributed by atoms with Crippen molar-refractivity contribution in [3.63, 3.8) is 0 Å². The Labute approximate surface area is 95.7 Å². The van der Waals surface area contributed by atoms with Gasteiger partial charge in [-0.2, -0.15) is 0 Å². The van der Waals surface area contributed by atoms with Crippen LogP contribution in [-0.2, 0) is 0 Å². The standard InChI is InChI=1S/C9H9ClFN3O2/c10-6-2-1-5(3-7(6)11)9(15)13-4-8(12)14-16/h1-3,16H,4H2,(H2,12,14)(H,13,15). The molecule has 0 aliphatic heterocycles. The average Bonchev–Trinajstić information content (AvgIpc) is 2.29. The summed E-state index contributed by atoms with van der Waals surface area (Å²) in [6, 6.07) is 3.65. The second-order valence-electron chi connectivity index (χ2n) is 2.90. The summed E-state index contributed by atoms with van der Waals surface area (Å²) < 4.78 is 13.0. The van der Waals surface area contributed by atoms with Gasteiger partial charge >= 0.3 is 0 Å². The highest BCUT2D eigenvalue weighted by atomic mass is 35.5. The van der Waals surface area contributed by atoms with Crippen molar-refractivity contribution in [1.82, 2.24) is 5.32 Å². The van der Waals surface area contributed by atoms with Crippen LogP contribution in [0.1, 0.15) is 10.4 Å². The van der Waals surface area contributed by atoms with Gasteiger partial charge in [-0.25, -0.2) is 4.39 Å². The zero-order chi connectivity index (χ0) is 12.1. The van der Waals surface area contributed by atoms with Gasteiger partial charge < -0.3 is 16.3 Å². The Morgan fingerprint density at radius 2 is 2.31 bits per heavy atom. The number of halogens is 2. The maximum absolute atomic E-state index is 13.0. The minimum atomic E-state index is -0.682. The molecular formula is C9H9ClFN3O2. The first-order valence-corrected chi connectivity index (χ1v) is 4.62. The third kappa shape index (κ3) is 3.09. The van der Waals surface area contributed by atoms with Gasteiger partial charge in [0.25, 0.3) is 5.91 Å². The largest absolute Gasteiger partial charge is 0.409 e. The lowest BCUT2D eigenvalue weighted by atomic mass is 10.2. The highest BCUT2D eigenvalue weighted by molar-refractivity contribution is 6.30. The lowest BCUT2D eigenvalue weighted by Gasteiger charge is -2.04.